The summed E-state index contributed by atoms with van der Waals surface area (Å²) >= 11 is 0. The van der Waals surface area contributed by atoms with Crippen molar-refractivity contribution >= 4 is 17.8 Å². The minimum Gasteiger partial charge on any atom is -0.481 e. The number of para-hydroxylation sites is 1. The Morgan fingerprint density at radius 2 is 1.48 bits per heavy atom. The average molecular weight is 536 g/mol. The Bertz CT molecular complexity index is 1590. The Balaban J connectivity index is 1.37. The van der Waals surface area contributed by atoms with E-state index in [1.165, 1.54) is 0 Å². The third kappa shape index (κ3) is 3.07. The van der Waals surface area contributed by atoms with Gasteiger partial charge in [0.05, 0.1) is 39.6 Å². The van der Waals surface area contributed by atoms with Crippen molar-refractivity contribution in [2.75, 3.05) is 0 Å². The van der Waals surface area contributed by atoms with Gasteiger partial charge in [-0.05, 0) is 62.2 Å². The number of nitrogens with zero attached hydrogens (tertiary/aromatic N) is 3. The zero-order valence-electron chi connectivity index (χ0n) is 22.7. The minimum atomic E-state index is -1.48. The molecule has 1 saturated heterocycles. The normalized spacial score (nSPS) is 28.9. The van der Waals surface area contributed by atoms with Crippen molar-refractivity contribution in [3.05, 3.63) is 95.6 Å². The number of amides is 2. The fourth-order valence-electron chi connectivity index (χ4n) is 7.32. The highest BCUT2D eigenvalue weighted by Gasteiger charge is 2.95. The van der Waals surface area contributed by atoms with Gasteiger partial charge in [0.2, 0.25) is 0 Å². The molecule has 0 aromatic heterocycles. The van der Waals surface area contributed by atoms with Crippen molar-refractivity contribution in [3.63, 3.8) is 0 Å². The van der Waals surface area contributed by atoms with Crippen LogP contribution < -0.4 is 4.74 Å². The van der Waals surface area contributed by atoms with E-state index in [4.69, 9.17) is 4.74 Å². The average Bonchev–Trinajstić information content (AvgIpc) is 3.59. The lowest BCUT2D eigenvalue weighted by molar-refractivity contribution is -0.145. The van der Waals surface area contributed by atoms with Gasteiger partial charge in [-0.25, -0.2) is 5.01 Å². The van der Waals surface area contributed by atoms with E-state index in [0.717, 1.165) is 5.01 Å². The molecule has 3 aromatic rings. The van der Waals surface area contributed by atoms with Gasteiger partial charge in [-0.15, -0.1) is 0 Å². The van der Waals surface area contributed by atoms with Gasteiger partial charge < -0.3 is 9.84 Å². The molecule has 3 aromatic carbocycles. The Labute approximate surface area is 232 Å². The van der Waals surface area contributed by atoms with Gasteiger partial charge in [-0.1, -0.05) is 56.3 Å². The minimum absolute atomic E-state index is 0.0808. The molecule has 1 aliphatic carbocycles. The Morgan fingerprint density at radius 3 is 2.05 bits per heavy atom. The van der Waals surface area contributed by atoms with E-state index in [-0.39, 0.29) is 6.42 Å². The molecule has 0 radical (unpaired) electrons. The second kappa shape index (κ2) is 8.26. The number of benzene rings is 3. The van der Waals surface area contributed by atoms with Crippen LogP contribution in [0.25, 0.3) is 0 Å². The van der Waals surface area contributed by atoms with Crippen LogP contribution in [0.1, 0.15) is 54.0 Å². The standard InChI is InChI=1S/C32H29N3O5/c1-29(2)27(35(29)34-25(36)23-15-8-9-16-24(23)26(34)37)32(19-33)30(3,4)31(32,28(38)39)18-20-11-10-14-22(17-20)40-21-12-6-5-7-13-21/h5-17,27H,18H2,1-4H3,(H,38,39). The summed E-state index contributed by atoms with van der Waals surface area (Å²) in [5, 5.41) is 24.2. The number of imide groups is 1. The van der Waals surface area contributed by atoms with Crippen LogP contribution in [0.15, 0.2) is 78.9 Å². The topological polar surface area (TPSA) is 111 Å². The van der Waals surface area contributed by atoms with E-state index in [2.05, 4.69) is 6.07 Å². The molecule has 40 heavy (non-hydrogen) atoms. The third-order valence-corrected chi connectivity index (χ3v) is 9.39. The van der Waals surface area contributed by atoms with Gasteiger partial charge in [-0.3, -0.25) is 14.4 Å². The lowest BCUT2D eigenvalue weighted by atomic mass is 9.82. The van der Waals surface area contributed by atoms with Crippen LogP contribution >= 0.6 is 0 Å². The highest BCUT2D eigenvalue weighted by Crippen LogP contribution is 2.84. The van der Waals surface area contributed by atoms with Crippen LogP contribution in [0.5, 0.6) is 11.5 Å². The van der Waals surface area contributed by atoms with Crippen LogP contribution in [0.2, 0.25) is 0 Å². The molecule has 4 atom stereocenters. The van der Waals surface area contributed by atoms with Gasteiger partial charge >= 0.3 is 5.97 Å². The summed E-state index contributed by atoms with van der Waals surface area (Å²) in [4.78, 5) is 39.9. The summed E-state index contributed by atoms with van der Waals surface area (Å²) in [5.74, 6) is -0.797. The molecular weight excluding hydrogens is 506 g/mol. The fourth-order valence-corrected chi connectivity index (χ4v) is 7.32. The molecule has 3 aliphatic rings. The first-order valence-corrected chi connectivity index (χ1v) is 13.2. The van der Waals surface area contributed by atoms with E-state index >= 15 is 0 Å². The van der Waals surface area contributed by atoms with Crippen LogP contribution in [0.3, 0.4) is 0 Å². The maximum absolute atomic E-state index is 13.3. The van der Waals surface area contributed by atoms with Crippen LogP contribution in [-0.2, 0) is 11.2 Å². The largest absolute Gasteiger partial charge is 0.481 e. The predicted molar refractivity (Wildman–Crippen MR) is 145 cm³/mol. The number of nitriles is 1. The van der Waals surface area contributed by atoms with Crippen molar-refractivity contribution in [3.8, 4) is 17.6 Å². The SMILES string of the molecule is CC1(C)C(C2(C#N)C(C)(C)C2(Cc2cccc(Oc3ccccc3)c2)C(=O)O)N1N1C(=O)c2ccccc2C1=O. The highest BCUT2D eigenvalue weighted by atomic mass is 16.5. The summed E-state index contributed by atoms with van der Waals surface area (Å²) in [6.07, 6.45) is 0.0808. The molecule has 0 bridgehead atoms. The van der Waals surface area contributed by atoms with Gasteiger partial charge in [0.25, 0.3) is 11.8 Å². The second-order valence-corrected chi connectivity index (χ2v) is 11.9. The van der Waals surface area contributed by atoms with E-state index in [1.54, 1.807) is 61.3 Å². The third-order valence-electron chi connectivity index (χ3n) is 9.39. The van der Waals surface area contributed by atoms with E-state index < -0.39 is 45.6 Å². The molecule has 4 unspecified atom stereocenters. The summed E-state index contributed by atoms with van der Waals surface area (Å²) in [5.41, 5.74) is -3.34. The Morgan fingerprint density at radius 1 is 0.900 bits per heavy atom. The second-order valence-electron chi connectivity index (χ2n) is 11.9. The first-order chi connectivity index (χ1) is 19.0. The number of carboxylic acid groups (broad SMARTS) is 1. The Kier molecular flexibility index (Phi) is 5.32. The first kappa shape index (κ1) is 25.8. The molecule has 202 valence electrons. The van der Waals surface area contributed by atoms with Crippen LogP contribution in [-0.4, -0.2) is 44.5 Å². The summed E-state index contributed by atoms with van der Waals surface area (Å²) in [6, 6.07) is 24.9. The monoisotopic (exact) mass is 535 g/mol. The fraction of sp³-hybridized carbons (Fsp3) is 0.312. The molecule has 6 rings (SSSR count). The van der Waals surface area contributed by atoms with Crippen LogP contribution in [0, 0.1) is 27.6 Å². The lowest BCUT2D eigenvalue weighted by Gasteiger charge is -2.20. The predicted octanol–water partition coefficient (Wildman–Crippen LogP) is 5.32. The number of ether oxygens (including phenoxy) is 1. The maximum Gasteiger partial charge on any atom is 0.312 e. The first-order valence-electron chi connectivity index (χ1n) is 13.2. The number of hydrogen-bond acceptors (Lipinski definition) is 6. The summed E-state index contributed by atoms with van der Waals surface area (Å²) < 4.78 is 5.97. The van der Waals surface area contributed by atoms with Crippen molar-refractivity contribution in [1.82, 2.24) is 10.0 Å². The zero-order chi connectivity index (χ0) is 28.7. The number of carbonyl (C=O) groups excluding carboxylic acids is 2. The highest BCUT2D eigenvalue weighted by molar-refractivity contribution is 6.21. The zero-order valence-corrected chi connectivity index (χ0v) is 22.7. The van der Waals surface area contributed by atoms with Crippen molar-refractivity contribution < 1.29 is 24.2 Å². The molecule has 8 heteroatoms. The Hall–Kier alpha value is -4.48. The van der Waals surface area contributed by atoms with Crippen molar-refractivity contribution in [2.45, 2.75) is 45.7 Å². The van der Waals surface area contributed by atoms with E-state index in [0.29, 0.717) is 28.2 Å². The molecule has 0 spiro atoms. The van der Waals surface area contributed by atoms with Gasteiger partial charge in [-0.2, -0.15) is 10.3 Å². The quantitative estimate of drug-likeness (QED) is 0.322. The number of fused-ring (bicyclic) bond motifs is 1. The molecule has 2 heterocycles. The molecule has 1 saturated carbocycles. The molecule has 2 fully saturated rings. The lowest BCUT2D eigenvalue weighted by Crippen LogP contribution is -2.40. The number of carboxylic acids is 1. The number of hydrazine groups is 1. The van der Waals surface area contributed by atoms with Gasteiger partial charge in [0.15, 0.2) is 0 Å². The van der Waals surface area contributed by atoms with Gasteiger partial charge in [0, 0.05) is 5.41 Å². The van der Waals surface area contributed by atoms with Crippen molar-refractivity contribution in [1.29, 1.82) is 5.26 Å². The molecule has 8 nitrogen and oxygen atoms in total. The summed E-state index contributed by atoms with van der Waals surface area (Å²) in [7, 11) is 0. The van der Waals surface area contributed by atoms with E-state index in [1.807, 2.05) is 50.2 Å². The number of aliphatic carboxylic acids is 1. The van der Waals surface area contributed by atoms with Gasteiger partial charge in [0.1, 0.15) is 11.5 Å². The van der Waals surface area contributed by atoms with Crippen LogP contribution in [0.4, 0.5) is 0 Å². The molecule has 2 amide bonds. The number of rotatable bonds is 7. The molecule has 1 N–H and O–H groups in total. The maximum atomic E-state index is 13.3. The molecule has 2 aliphatic heterocycles. The smallest absolute Gasteiger partial charge is 0.312 e. The number of hydrogen-bond donors (Lipinski definition) is 1. The van der Waals surface area contributed by atoms with Crippen molar-refractivity contribution in [2.24, 2.45) is 16.2 Å². The number of carbonyl (C=O) groups is 3. The van der Waals surface area contributed by atoms with E-state index in [9.17, 15) is 24.8 Å². The summed E-state index contributed by atoms with van der Waals surface area (Å²) in [6.45, 7) is 7.28. The molecular formula is C32H29N3O5.